The molecular formula is C38H24O4. The van der Waals surface area contributed by atoms with Crippen LogP contribution in [0.2, 0.25) is 0 Å². The Labute approximate surface area is 245 Å². The average Bonchev–Trinajstić information content (AvgIpc) is 3.03. The predicted octanol–water partition coefficient (Wildman–Crippen LogP) is 6.25. The van der Waals surface area contributed by atoms with Crippen molar-refractivity contribution in [1.29, 1.82) is 0 Å². The molecule has 0 amide bonds. The lowest BCUT2D eigenvalue weighted by atomic mass is 9.85. The second kappa shape index (κ2) is 12.9. The standard InChI is InChI=1S/C38H24O4/c1-2-6-26-40-34-19-11-30(12-20-34)38-32-15-23-36(24-16-32)42-28-8-4-3-7-27-41-35-21-13-31(14-22-35)37(38)29-9-17-33(18-10-29)39-25-5-1/h9-24H,25-28H2. The summed E-state index contributed by atoms with van der Waals surface area (Å²) in [5.74, 6) is 25.8. The van der Waals surface area contributed by atoms with Gasteiger partial charge in [-0.2, -0.15) is 0 Å². The van der Waals surface area contributed by atoms with Gasteiger partial charge in [0.25, 0.3) is 0 Å². The van der Waals surface area contributed by atoms with Crippen molar-refractivity contribution in [3.63, 3.8) is 0 Å². The van der Waals surface area contributed by atoms with Crippen molar-refractivity contribution in [2.24, 2.45) is 0 Å². The number of hydrogen-bond donors (Lipinski definition) is 0. The van der Waals surface area contributed by atoms with Gasteiger partial charge in [0, 0.05) is 0 Å². The van der Waals surface area contributed by atoms with E-state index in [0.29, 0.717) is 0 Å². The SMILES string of the molecule is C1#CCOc2ccc(cc2)C2=C(c3ccc(cc3)OCC#C1)c1ccc(cc1)OCC#CC#CCOc1ccc2cc1. The van der Waals surface area contributed by atoms with Crippen LogP contribution in [-0.4, -0.2) is 26.4 Å². The lowest BCUT2D eigenvalue weighted by Crippen LogP contribution is -2.00. The van der Waals surface area contributed by atoms with Crippen molar-refractivity contribution in [3.8, 4) is 70.4 Å². The molecule has 0 saturated heterocycles. The summed E-state index contributed by atoms with van der Waals surface area (Å²) in [7, 11) is 0. The molecule has 0 aliphatic carbocycles. The van der Waals surface area contributed by atoms with Crippen molar-refractivity contribution in [2.45, 2.75) is 0 Å². The fourth-order valence-corrected chi connectivity index (χ4v) is 4.58. The van der Waals surface area contributed by atoms with E-state index in [2.05, 4.69) is 95.9 Å². The number of benzene rings is 4. The molecule has 6 aliphatic rings. The third-order valence-corrected chi connectivity index (χ3v) is 6.54. The highest BCUT2D eigenvalue weighted by molar-refractivity contribution is 6.04. The first kappa shape index (κ1) is 26.3. The Morgan fingerprint density at radius 3 is 0.738 bits per heavy atom. The lowest BCUT2D eigenvalue weighted by Gasteiger charge is -2.19. The molecule has 8 bridgehead atoms. The molecule has 4 aromatic rings. The summed E-state index contributed by atoms with van der Waals surface area (Å²) >= 11 is 0. The van der Waals surface area contributed by atoms with Crippen LogP contribution in [0.15, 0.2) is 97.1 Å². The maximum atomic E-state index is 5.84. The van der Waals surface area contributed by atoms with E-state index < -0.39 is 0 Å². The van der Waals surface area contributed by atoms with Gasteiger partial charge in [-0.3, -0.25) is 0 Å². The summed E-state index contributed by atoms with van der Waals surface area (Å²) in [6, 6.07) is 32.3. The Balaban J connectivity index is 1.57. The van der Waals surface area contributed by atoms with Gasteiger partial charge in [0.2, 0.25) is 0 Å². The molecule has 0 saturated carbocycles. The maximum absolute atomic E-state index is 5.84. The Morgan fingerprint density at radius 2 is 0.524 bits per heavy atom. The van der Waals surface area contributed by atoms with Crippen LogP contribution in [0.3, 0.4) is 0 Å². The monoisotopic (exact) mass is 544 g/mol. The molecule has 0 unspecified atom stereocenters. The molecule has 0 fully saturated rings. The van der Waals surface area contributed by atoms with E-state index in [0.717, 1.165) is 56.4 Å². The van der Waals surface area contributed by atoms with Gasteiger partial charge < -0.3 is 18.9 Å². The van der Waals surface area contributed by atoms with Crippen molar-refractivity contribution in [1.82, 2.24) is 0 Å². The van der Waals surface area contributed by atoms with Crippen LogP contribution < -0.4 is 18.9 Å². The summed E-state index contributed by atoms with van der Waals surface area (Å²) < 4.78 is 23.4. The van der Waals surface area contributed by atoms with Gasteiger partial charge in [-0.25, -0.2) is 0 Å². The molecular weight excluding hydrogens is 520 g/mol. The van der Waals surface area contributed by atoms with Crippen LogP contribution in [-0.2, 0) is 0 Å². The van der Waals surface area contributed by atoms with Crippen LogP contribution in [0, 0.1) is 47.4 Å². The third kappa shape index (κ3) is 6.43. The minimum Gasteiger partial charge on any atom is -0.481 e. The van der Waals surface area contributed by atoms with Crippen molar-refractivity contribution >= 4 is 11.1 Å². The quantitative estimate of drug-likeness (QED) is 0.245. The Bertz CT molecular complexity index is 1570. The first-order valence-electron chi connectivity index (χ1n) is 13.4. The van der Waals surface area contributed by atoms with Crippen molar-refractivity contribution < 1.29 is 18.9 Å². The van der Waals surface area contributed by atoms with E-state index in [4.69, 9.17) is 18.9 Å². The minimum absolute atomic E-state index is 0.245. The van der Waals surface area contributed by atoms with E-state index in [-0.39, 0.29) is 26.4 Å². The van der Waals surface area contributed by atoms with Gasteiger partial charge in [-0.15, -0.1) is 0 Å². The number of hydrogen-bond acceptors (Lipinski definition) is 4. The molecule has 4 heteroatoms. The van der Waals surface area contributed by atoms with E-state index >= 15 is 0 Å². The van der Waals surface area contributed by atoms with Crippen LogP contribution in [0.5, 0.6) is 23.0 Å². The summed E-state index contributed by atoms with van der Waals surface area (Å²) in [6.07, 6.45) is 0. The maximum Gasteiger partial charge on any atom is 0.150 e. The first-order valence-corrected chi connectivity index (χ1v) is 13.4. The number of ether oxygens (including phenoxy) is 4. The number of rotatable bonds is 0. The largest absolute Gasteiger partial charge is 0.481 e. The molecule has 6 aliphatic heterocycles. The Hall–Kier alpha value is -5.94. The molecule has 42 heavy (non-hydrogen) atoms. The molecule has 0 atom stereocenters. The highest BCUT2D eigenvalue weighted by atomic mass is 16.5. The molecule has 0 radical (unpaired) electrons. The second-order valence-corrected chi connectivity index (χ2v) is 9.21. The van der Waals surface area contributed by atoms with Crippen LogP contribution in [0.1, 0.15) is 22.3 Å². The van der Waals surface area contributed by atoms with Gasteiger partial charge in [0.15, 0.2) is 0 Å². The van der Waals surface area contributed by atoms with E-state index in [1.54, 1.807) is 0 Å². The van der Waals surface area contributed by atoms with Gasteiger partial charge in [0.05, 0.1) is 0 Å². The molecule has 4 nitrogen and oxygen atoms in total. The minimum atomic E-state index is 0.245. The number of fused-ring (bicyclic) bond motifs is 4. The average molecular weight is 545 g/mol. The molecule has 0 aromatic heterocycles. The van der Waals surface area contributed by atoms with Crippen LogP contribution in [0.25, 0.3) is 11.1 Å². The molecule has 0 spiro atoms. The van der Waals surface area contributed by atoms with Gasteiger partial charge in [-0.05, 0) is 129 Å². The fourth-order valence-electron chi connectivity index (χ4n) is 4.58. The second-order valence-electron chi connectivity index (χ2n) is 9.21. The normalized spacial score (nSPS) is 13.5. The highest BCUT2D eigenvalue weighted by Crippen LogP contribution is 2.39. The molecule has 4 aromatic carbocycles. The predicted molar refractivity (Wildman–Crippen MR) is 164 cm³/mol. The molecule has 200 valence electrons. The van der Waals surface area contributed by atoms with Gasteiger partial charge in [-0.1, -0.05) is 48.5 Å². The van der Waals surface area contributed by atoms with Gasteiger partial charge in [0.1, 0.15) is 49.4 Å². The fraction of sp³-hybridized carbons (Fsp3) is 0.105. The van der Waals surface area contributed by atoms with Crippen LogP contribution in [0.4, 0.5) is 0 Å². The lowest BCUT2D eigenvalue weighted by molar-refractivity contribution is 0.369. The topological polar surface area (TPSA) is 36.9 Å². The highest BCUT2D eigenvalue weighted by Gasteiger charge is 2.17. The molecule has 6 heterocycles. The summed E-state index contributed by atoms with van der Waals surface area (Å²) in [6.45, 7) is 0.982. The van der Waals surface area contributed by atoms with Crippen molar-refractivity contribution in [3.05, 3.63) is 119 Å². The van der Waals surface area contributed by atoms with E-state index in [1.807, 2.05) is 48.5 Å². The zero-order chi connectivity index (χ0) is 28.4. The molecule has 10 rings (SSSR count). The Morgan fingerprint density at radius 1 is 0.310 bits per heavy atom. The smallest absolute Gasteiger partial charge is 0.150 e. The first-order chi connectivity index (χ1) is 20.8. The van der Waals surface area contributed by atoms with Crippen molar-refractivity contribution in [2.75, 3.05) is 26.4 Å². The Kier molecular flexibility index (Phi) is 8.10. The summed E-state index contributed by atoms with van der Waals surface area (Å²) in [5.41, 5.74) is 6.21. The molecule has 0 N–H and O–H groups in total. The zero-order valence-corrected chi connectivity index (χ0v) is 22.7. The third-order valence-electron chi connectivity index (χ3n) is 6.54. The summed E-state index contributed by atoms with van der Waals surface area (Å²) in [4.78, 5) is 0. The summed E-state index contributed by atoms with van der Waals surface area (Å²) in [5, 5.41) is 0. The van der Waals surface area contributed by atoms with E-state index in [1.165, 1.54) is 0 Å². The van der Waals surface area contributed by atoms with Crippen LogP contribution >= 0.6 is 0 Å². The zero-order valence-electron chi connectivity index (χ0n) is 22.7. The van der Waals surface area contributed by atoms with E-state index in [9.17, 15) is 0 Å². The van der Waals surface area contributed by atoms with Gasteiger partial charge >= 0.3 is 0 Å².